The van der Waals surface area contributed by atoms with Gasteiger partial charge in [0.05, 0.1) is 6.26 Å². The molecule has 82 valence electrons. The van der Waals surface area contributed by atoms with Crippen LogP contribution in [-0.2, 0) is 23.0 Å². The van der Waals surface area contributed by atoms with Gasteiger partial charge < -0.3 is 5.73 Å². The predicted molar refractivity (Wildman–Crippen MR) is 59.8 cm³/mol. The predicted octanol–water partition coefficient (Wildman–Crippen LogP) is 0.586. The van der Waals surface area contributed by atoms with Gasteiger partial charge in [0, 0.05) is 18.8 Å². The van der Waals surface area contributed by atoms with E-state index < -0.39 is 10.0 Å². The summed E-state index contributed by atoms with van der Waals surface area (Å²) < 4.78 is 24.2. The van der Waals surface area contributed by atoms with Crippen molar-refractivity contribution in [2.75, 3.05) is 18.5 Å². The van der Waals surface area contributed by atoms with Crippen molar-refractivity contribution in [3.63, 3.8) is 0 Å². The number of rotatable bonds is 1. The topological polar surface area (TPSA) is 63.4 Å². The van der Waals surface area contributed by atoms with Gasteiger partial charge in [-0.2, -0.15) is 4.31 Å². The van der Waals surface area contributed by atoms with Crippen molar-refractivity contribution in [1.82, 2.24) is 4.31 Å². The highest BCUT2D eigenvalue weighted by Gasteiger charge is 2.23. The normalized spacial score (nSPS) is 17.4. The van der Waals surface area contributed by atoms with E-state index in [1.807, 2.05) is 18.2 Å². The van der Waals surface area contributed by atoms with Gasteiger partial charge in [-0.05, 0) is 23.6 Å². The second kappa shape index (κ2) is 3.50. The molecule has 5 heteroatoms. The number of sulfonamides is 1. The van der Waals surface area contributed by atoms with Crippen LogP contribution in [0.25, 0.3) is 0 Å². The van der Waals surface area contributed by atoms with Crippen LogP contribution in [-0.4, -0.2) is 25.5 Å². The molecule has 0 aliphatic carbocycles. The summed E-state index contributed by atoms with van der Waals surface area (Å²) >= 11 is 0. The first-order valence-electron chi connectivity index (χ1n) is 4.80. The first-order chi connectivity index (χ1) is 6.98. The van der Waals surface area contributed by atoms with E-state index >= 15 is 0 Å². The Morgan fingerprint density at radius 2 is 2.13 bits per heavy atom. The second-order valence-corrected chi connectivity index (χ2v) is 5.81. The first kappa shape index (κ1) is 10.4. The fourth-order valence-electron chi connectivity index (χ4n) is 1.87. The lowest BCUT2D eigenvalue weighted by atomic mass is 10.00. The van der Waals surface area contributed by atoms with Crippen LogP contribution in [0.4, 0.5) is 5.69 Å². The van der Waals surface area contributed by atoms with Crippen molar-refractivity contribution in [2.45, 2.75) is 13.0 Å². The van der Waals surface area contributed by atoms with Crippen molar-refractivity contribution < 1.29 is 8.42 Å². The van der Waals surface area contributed by atoms with Gasteiger partial charge in [-0.1, -0.05) is 12.1 Å². The number of benzene rings is 1. The van der Waals surface area contributed by atoms with Gasteiger partial charge in [0.1, 0.15) is 0 Å². The zero-order valence-electron chi connectivity index (χ0n) is 8.60. The Morgan fingerprint density at radius 3 is 2.80 bits per heavy atom. The van der Waals surface area contributed by atoms with E-state index in [9.17, 15) is 8.42 Å². The van der Waals surface area contributed by atoms with Gasteiger partial charge in [-0.25, -0.2) is 8.42 Å². The minimum atomic E-state index is -3.11. The highest BCUT2D eigenvalue weighted by atomic mass is 32.2. The molecule has 1 heterocycles. The molecule has 0 spiro atoms. The van der Waals surface area contributed by atoms with Crippen LogP contribution in [0.3, 0.4) is 0 Å². The summed E-state index contributed by atoms with van der Waals surface area (Å²) in [6.07, 6.45) is 1.98. The van der Waals surface area contributed by atoms with Crippen molar-refractivity contribution >= 4 is 15.7 Å². The molecular weight excluding hydrogens is 212 g/mol. The van der Waals surface area contributed by atoms with Crippen LogP contribution < -0.4 is 5.73 Å². The van der Waals surface area contributed by atoms with Gasteiger partial charge in [0.2, 0.25) is 10.0 Å². The fraction of sp³-hybridized carbons (Fsp3) is 0.400. The minimum absolute atomic E-state index is 0.404. The molecule has 1 aliphatic rings. The average Bonchev–Trinajstić information content (AvgIpc) is 2.16. The van der Waals surface area contributed by atoms with E-state index in [4.69, 9.17) is 5.73 Å². The molecule has 0 atom stereocenters. The van der Waals surface area contributed by atoms with E-state index in [1.165, 1.54) is 10.6 Å². The van der Waals surface area contributed by atoms with Gasteiger partial charge in [0.15, 0.2) is 0 Å². The third-order valence-corrected chi connectivity index (χ3v) is 3.99. The molecule has 0 saturated carbocycles. The molecular formula is C10H14N2O2S. The van der Waals surface area contributed by atoms with Crippen LogP contribution in [0.15, 0.2) is 18.2 Å². The summed E-state index contributed by atoms with van der Waals surface area (Å²) in [4.78, 5) is 0. The molecule has 0 amide bonds. The summed E-state index contributed by atoms with van der Waals surface area (Å²) in [5.41, 5.74) is 8.62. The van der Waals surface area contributed by atoms with Gasteiger partial charge in [-0.3, -0.25) is 0 Å². The number of nitrogen functional groups attached to an aromatic ring is 1. The zero-order valence-corrected chi connectivity index (χ0v) is 9.42. The third-order valence-electron chi connectivity index (χ3n) is 2.74. The molecule has 2 N–H and O–H groups in total. The summed E-state index contributed by atoms with van der Waals surface area (Å²) in [7, 11) is -3.11. The van der Waals surface area contributed by atoms with Crippen LogP contribution in [0.1, 0.15) is 11.1 Å². The molecule has 0 fully saturated rings. The molecule has 1 aliphatic heterocycles. The van der Waals surface area contributed by atoms with Gasteiger partial charge in [0.25, 0.3) is 0 Å². The largest absolute Gasteiger partial charge is 0.398 e. The van der Waals surface area contributed by atoms with Crippen molar-refractivity contribution in [3.05, 3.63) is 29.3 Å². The molecule has 0 saturated heterocycles. The van der Waals surface area contributed by atoms with Crippen molar-refractivity contribution in [2.24, 2.45) is 0 Å². The number of nitrogens with two attached hydrogens (primary N) is 1. The Labute approximate surface area is 89.7 Å². The van der Waals surface area contributed by atoms with Gasteiger partial charge in [-0.15, -0.1) is 0 Å². The smallest absolute Gasteiger partial charge is 0.211 e. The third kappa shape index (κ3) is 1.98. The molecule has 2 rings (SSSR count). The first-order valence-corrected chi connectivity index (χ1v) is 6.64. The SMILES string of the molecule is CS(=O)(=O)N1CCc2cccc(N)c2C1. The molecule has 1 aromatic carbocycles. The monoisotopic (exact) mass is 226 g/mol. The van der Waals surface area contributed by atoms with Crippen LogP contribution in [0.5, 0.6) is 0 Å². The number of nitrogens with zero attached hydrogens (tertiary/aromatic N) is 1. The van der Waals surface area contributed by atoms with Crippen molar-refractivity contribution in [1.29, 1.82) is 0 Å². The number of hydrogen-bond donors (Lipinski definition) is 1. The van der Waals surface area contributed by atoms with E-state index in [-0.39, 0.29) is 0 Å². The molecule has 15 heavy (non-hydrogen) atoms. The Hall–Kier alpha value is -1.07. The maximum Gasteiger partial charge on any atom is 0.211 e. The molecule has 4 nitrogen and oxygen atoms in total. The molecule has 1 aromatic rings. The quantitative estimate of drug-likeness (QED) is 0.713. The van der Waals surface area contributed by atoms with Crippen molar-refractivity contribution in [3.8, 4) is 0 Å². The maximum atomic E-state index is 11.4. The van der Waals surface area contributed by atoms with E-state index in [0.717, 1.165) is 17.5 Å². The van der Waals surface area contributed by atoms with Crippen LogP contribution >= 0.6 is 0 Å². The van der Waals surface area contributed by atoms with Crippen LogP contribution in [0.2, 0.25) is 0 Å². The summed E-state index contributed by atoms with van der Waals surface area (Å²) in [5, 5.41) is 0. The minimum Gasteiger partial charge on any atom is -0.398 e. The lowest BCUT2D eigenvalue weighted by Gasteiger charge is -2.27. The summed E-state index contributed by atoms with van der Waals surface area (Å²) in [5.74, 6) is 0. The molecule has 0 aromatic heterocycles. The summed E-state index contributed by atoms with van der Waals surface area (Å²) in [6.45, 7) is 0.954. The molecule has 0 bridgehead atoms. The lowest BCUT2D eigenvalue weighted by Crippen LogP contribution is -2.35. The highest BCUT2D eigenvalue weighted by molar-refractivity contribution is 7.88. The number of anilines is 1. The second-order valence-electron chi connectivity index (χ2n) is 3.83. The van der Waals surface area contributed by atoms with Gasteiger partial charge >= 0.3 is 0 Å². The standard InChI is InChI=1S/C10H14N2O2S/c1-15(13,14)12-6-5-8-3-2-4-10(11)9(8)7-12/h2-4H,5-7,11H2,1H3. The number of fused-ring (bicyclic) bond motifs is 1. The number of hydrogen-bond acceptors (Lipinski definition) is 3. The highest BCUT2D eigenvalue weighted by Crippen LogP contribution is 2.25. The van der Waals surface area contributed by atoms with Crippen LogP contribution in [0, 0.1) is 0 Å². The fourth-order valence-corrected chi connectivity index (χ4v) is 2.65. The van der Waals surface area contributed by atoms with E-state index in [0.29, 0.717) is 18.8 Å². The Kier molecular flexibility index (Phi) is 2.44. The average molecular weight is 226 g/mol. The Bertz CT molecular complexity index is 482. The Morgan fingerprint density at radius 1 is 1.40 bits per heavy atom. The maximum absolute atomic E-state index is 11.4. The molecule has 0 unspecified atom stereocenters. The molecule has 0 radical (unpaired) electrons. The Balaban J connectivity index is 2.38. The van der Waals surface area contributed by atoms with E-state index in [1.54, 1.807) is 0 Å². The van der Waals surface area contributed by atoms with E-state index in [2.05, 4.69) is 0 Å². The zero-order chi connectivity index (χ0) is 11.1. The lowest BCUT2D eigenvalue weighted by molar-refractivity contribution is 0.396. The summed E-state index contributed by atoms with van der Waals surface area (Å²) in [6, 6.07) is 5.72.